The van der Waals surface area contributed by atoms with Crippen LogP contribution in [0.25, 0.3) is 0 Å². The number of aryl methyl sites for hydroxylation is 1. The summed E-state index contributed by atoms with van der Waals surface area (Å²) in [6.45, 7) is 5.51. The lowest BCUT2D eigenvalue weighted by atomic mass is 10.2. The molecule has 6 heteroatoms. The molecule has 3 rings (SSSR count). The second-order valence-corrected chi connectivity index (χ2v) is 5.72. The van der Waals surface area contributed by atoms with Crippen molar-refractivity contribution in [1.29, 1.82) is 0 Å². The van der Waals surface area contributed by atoms with Crippen LogP contribution in [0.1, 0.15) is 29.4 Å². The quantitative estimate of drug-likeness (QED) is 0.844. The number of rotatable bonds is 5. The maximum Gasteiger partial charge on any atom is 0.257 e. The average Bonchev–Trinajstić information content (AvgIpc) is 3.06. The minimum Gasteiger partial charge on any atom is -0.493 e. The molecular formula is C18H21N3O3. The van der Waals surface area contributed by atoms with Crippen molar-refractivity contribution >= 4 is 5.91 Å². The molecule has 6 nitrogen and oxygen atoms in total. The van der Waals surface area contributed by atoms with Crippen LogP contribution in [0.4, 0.5) is 0 Å². The normalized spacial score (nSPS) is 16.9. The fraction of sp³-hybridized carbons (Fsp3) is 0.389. The molecule has 2 aromatic rings. The summed E-state index contributed by atoms with van der Waals surface area (Å²) in [4.78, 5) is 14.5. The Kier molecular flexibility index (Phi) is 4.93. The highest BCUT2D eigenvalue weighted by molar-refractivity contribution is 5.97. The van der Waals surface area contributed by atoms with Gasteiger partial charge in [0.15, 0.2) is 0 Å². The molecule has 1 saturated heterocycles. The highest BCUT2D eigenvalue weighted by Gasteiger charge is 2.29. The Morgan fingerprint density at radius 1 is 1.25 bits per heavy atom. The van der Waals surface area contributed by atoms with Crippen LogP contribution in [0, 0.1) is 6.92 Å². The van der Waals surface area contributed by atoms with Gasteiger partial charge in [0.05, 0.1) is 24.4 Å². The Morgan fingerprint density at radius 2 is 2.08 bits per heavy atom. The average molecular weight is 327 g/mol. The van der Waals surface area contributed by atoms with Crippen LogP contribution >= 0.6 is 0 Å². The first-order chi connectivity index (χ1) is 11.7. The van der Waals surface area contributed by atoms with Crippen LogP contribution in [0.5, 0.6) is 11.6 Å². The van der Waals surface area contributed by atoms with E-state index in [1.807, 2.05) is 38.1 Å². The fourth-order valence-corrected chi connectivity index (χ4v) is 2.72. The molecule has 0 N–H and O–H groups in total. The molecule has 0 bridgehead atoms. The van der Waals surface area contributed by atoms with Crippen LogP contribution in [-0.4, -0.2) is 46.8 Å². The van der Waals surface area contributed by atoms with E-state index in [1.165, 1.54) is 0 Å². The molecule has 1 atom stereocenters. The van der Waals surface area contributed by atoms with Gasteiger partial charge >= 0.3 is 0 Å². The summed E-state index contributed by atoms with van der Waals surface area (Å²) in [5, 5.41) is 8.00. The number of benzene rings is 1. The first-order valence-corrected chi connectivity index (χ1v) is 8.15. The van der Waals surface area contributed by atoms with Crippen molar-refractivity contribution in [2.24, 2.45) is 0 Å². The number of carbonyl (C=O) groups excluding carboxylic acids is 1. The third-order valence-corrected chi connectivity index (χ3v) is 3.91. The molecule has 0 radical (unpaired) electrons. The molecule has 1 fully saturated rings. The van der Waals surface area contributed by atoms with E-state index in [-0.39, 0.29) is 12.0 Å². The highest BCUT2D eigenvalue weighted by atomic mass is 16.5. The van der Waals surface area contributed by atoms with Crippen molar-refractivity contribution in [3.05, 3.63) is 47.7 Å². The van der Waals surface area contributed by atoms with Gasteiger partial charge in [0, 0.05) is 19.0 Å². The molecule has 1 aliphatic rings. The molecule has 0 spiro atoms. The third kappa shape index (κ3) is 3.64. The van der Waals surface area contributed by atoms with Crippen molar-refractivity contribution in [1.82, 2.24) is 15.1 Å². The number of ether oxygens (including phenoxy) is 2. The van der Waals surface area contributed by atoms with Crippen molar-refractivity contribution in [2.45, 2.75) is 26.4 Å². The van der Waals surface area contributed by atoms with E-state index in [0.29, 0.717) is 36.9 Å². The standard InChI is InChI=1S/C18H21N3O3/c1-3-23-16-7-5-4-6-15(16)18(22)21-11-10-14(12-21)24-17-9-8-13(2)19-20-17/h4-9,14H,3,10-12H2,1-2H3/t14-/m1/s1. The number of hydrogen-bond acceptors (Lipinski definition) is 5. The maximum atomic E-state index is 12.7. The topological polar surface area (TPSA) is 64.5 Å². The van der Waals surface area contributed by atoms with Crippen LogP contribution < -0.4 is 9.47 Å². The Bertz CT molecular complexity index is 703. The van der Waals surface area contributed by atoms with Gasteiger partial charge in [-0.05, 0) is 32.0 Å². The number of carbonyl (C=O) groups is 1. The van der Waals surface area contributed by atoms with Crippen LogP contribution in [0.15, 0.2) is 36.4 Å². The summed E-state index contributed by atoms with van der Waals surface area (Å²) >= 11 is 0. The zero-order valence-corrected chi connectivity index (χ0v) is 13.9. The van der Waals surface area contributed by atoms with Crippen LogP contribution in [-0.2, 0) is 0 Å². The number of para-hydroxylation sites is 1. The van der Waals surface area contributed by atoms with E-state index in [2.05, 4.69) is 10.2 Å². The van der Waals surface area contributed by atoms with Gasteiger partial charge in [-0.1, -0.05) is 12.1 Å². The number of hydrogen-bond donors (Lipinski definition) is 0. The number of aromatic nitrogens is 2. The van der Waals surface area contributed by atoms with Crippen molar-refractivity contribution in [3.63, 3.8) is 0 Å². The zero-order valence-electron chi connectivity index (χ0n) is 13.9. The minimum atomic E-state index is -0.0646. The fourth-order valence-electron chi connectivity index (χ4n) is 2.72. The van der Waals surface area contributed by atoms with Crippen molar-refractivity contribution in [2.75, 3.05) is 19.7 Å². The van der Waals surface area contributed by atoms with Gasteiger partial charge in [-0.25, -0.2) is 0 Å². The molecule has 0 saturated carbocycles. The summed E-state index contributed by atoms with van der Waals surface area (Å²) < 4.78 is 11.4. The van der Waals surface area contributed by atoms with Crippen molar-refractivity contribution in [3.8, 4) is 11.6 Å². The first kappa shape index (κ1) is 16.2. The van der Waals surface area contributed by atoms with E-state index in [4.69, 9.17) is 9.47 Å². The largest absolute Gasteiger partial charge is 0.493 e. The number of likely N-dealkylation sites (tertiary alicyclic amines) is 1. The maximum absolute atomic E-state index is 12.7. The third-order valence-electron chi connectivity index (χ3n) is 3.91. The number of amides is 1. The molecule has 2 heterocycles. The Morgan fingerprint density at radius 3 is 2.83 bits per heavy atom. The summed E-state index contributed by atoms with van der Waals surface area (Å²) in [6, 6.07) is 11.0. The van der Waals surface area contributed by atoms with E-state index < -0.39 is 0 Å². The molecule has 1 amide bonds. The highest BCUT2D eigenvalue weighted by Crippen LogP contribution is 2.23. The predicted octanol–water partition coefficient (Wildman–Crippen LogP) is 2.48. The molecular weight excluding hydrogens is 306 g/mol. The van der Waals surface area contributed by atoms with Gasteiger partial charge in [-0.3, -0.25) is 4.79 Å². The minimum absolute atomic E-state index is 0.0276. The smallest absolute Gasteiger partial charge is 0.257 e. The molecule has 126 valence electrons. The van der Waals surface area contributed by atoms with Gasteiger partial charge in [0.1, 0.15) is 11.9 Å². The Balaban J connectivity index is 1.65. The summed E-state index contributed by atoms with van der Waals surface area (Å²) in [7, 11) is 0. The second kappa shape index (κ2) is 7.29. The van der Waals surface area contributed by atoms with Gasteiger partial charge in [0.2, 0.25) is 5.88 Å². The van der Waals surface area contributed by atoms with E-state index in [1.54, 1.807) is 17.0 Å². The molecule has 0 unspecified atom stereocenters. The SMILES string of the molecule is CCOc1ccccc1C(=O)N1CC[C@@H](Oc2ccc(C)nn2)C1. The molecule has 24 heavy (non-hydrogen) atoms. The predicted molar refractivity (Wildman–Crippen MR) is 89.3 cm³/mol. The van der Waals surface area contributed by atoms with Gasteiger partial charge in [0.25, 0.3) is 5.91 Å². The second-order valence-electron chi connectivity index (χ2n) is 5.72. The van der Waals surface area contributed by atoms with E-state index in [9.17, 15) is 4.79 Å². The molecule has 0 aliphatic carbocycles. The summed E-state index contributed by atoms with van der Waals surface area (Å²) in [6.07, 6.45) is 0.711. The molecule has 1 aliphatic heterocycles. The van der Waals surface area contributed by atoms with Crippen LogP contribution in [0.3, 0.4) is 0 Å². The molecule has 1 aromatic heterocycles. The summed E-state index contributed by atoms with van der Waals surface area (Å²) in [5.74, 6) is 1.09. The lowest BCUT2D eigenvalue weighted by Gasteiger charge is -2.18. The van der Waals surface area contributed by atoms with Gasteiger partial charge in [-0.2, -0.15) is 5.10 Å². The van der Waals surface area contributed by atoms with E-state index in [0.717, 1.165) is 12.1 Å². The molecule has 1 aromatic carbocycles. The monoisotopic (exact) mass is 327 g/mol. The van der Waals surface area contributed by atoms with Crippen molar-refractivity contribution < 1.29 is 14.3 Å². The zero-order chi connectivity index (χ0) is 16.9. The lowest BCUT2D eigenvalue weighted by Crippen LogP contribution is -2.31. The van der Waals surface area contributed by atoms with Gasteiger partial charge in [-0.15, -0.1) is 5.10 Å². The number of nitrogens with zero attached hydrogens (tertiary/aromatic N) is 3. The Hall–Kier alpha value is -2.63. The lowest BCUT2D eigenvalue weighted by molar-refractivity contribution is 0.0767. The van der Waals surface area contributed by atoms with E-state index >= 15 is 0 Å². The van der Waals surface area contributed by atoms with Crippen LogP contribution in [0.2, 0.25) is 0 Å². The Labute approximate surface area is 141 Å². The first-order valence-electron chi connectivity index (χ1n) is 8.15. The van der Waals surface area contributed by atoms with Gasteiger partial charge < -0.3 is 14.4 Å². The summed E-state index contributed by atoms with van der Waals surface area (Å²) in [5.41, 5.74) is 1.44.